The number of carbonyl (C=O) groups excluding carboxylic acids is 1. The Morgan fingerprint density at radius 2 is 1.41 bits per heavy atom. The van der Waals surface area contributed by atoms with E-state index in [1.165, 1.54) is 0 Å². The monoisotopic (exact) mass is 887 g/mol. The van der Waals surface area contributed by atoms with E-state index >= 15 is 0 Å². The third-order valence-corrected chi connectivity index (χ3v) is 20.1. The number of hydrogen-bond donors (Lipinski definition) is 1. The molecular formula is C32H37Br4NO5Si2. The van der Waals surface area contributed by atoms with Crippen LogP contribution in [0.4, 0.5) is 5.69 Å². The molecule has 0 fully saturated rings. The molecule has 44 heavy (non-hydrogen) atoms. The lowest BCUT2D eigenvalue weighted by molar-refractivity contribution is 0.0713. The fourth-order valence-electron chi connectivity index (χ4n) is 4.16. The van der Waals surface area contributed by atoms with Gasteiger partial charge in [0.1, 0.15) is 14.7 Å². The van der Waals surface area contributed by atoms with Gasteiger partial charge in [0.15, 0.2) is 11.3 Å². The first kappa shape index (κ1) is 35.4. The van der Waals surface area contributed by atoms with Crippen molar-refractivity contribution in [1.82, 2.24) is 0 Å². The SMILES string of the molecule is CC(C)(C)[Si](C)(C)OC(=O)c1ccc(N)cc1-c1c2cc(Br)c(=O)c(Br)c-2oc2c(Br)c(O[Si](C)(C)C(C)(C)C)c(Br)cc12. The van der Waals surface area contributed by atoms with Crippen LogP contribution < -0.4 is 15.6 Å². The van der Waals surface area contributed by atoms with Crippen LogP contribution in [0.25, 0.3) is 33.4 Å². The van der Waals surface area contributed by atoms with Crippen molar-refractivity contribution in [2.45, 2.75) is 77.8 Å². The summed E-state index contributed by atoms with van der Waals surface area (Å²) in [5.74, 6) is 0.510. The standard InChI is InChI=1S/C32H37Br4NO5Si2/c1-31(2,3)43(7,8)41-29-22(34)15-20-23(19-14-21(33)26(38)24(35)27(19)40-28(20)25(29)36)18-13-16(37)11-12-17(18)30(39)42-44(9,10)32(4,5)6/h11-15H,37H2,1-10H3. The highest BCUT2D eigenvalue weighted by molar-refractivity contribution is 9.11. The average Bonchev–Trinajstić information content (AvgIpc) is 2.87. The van der Waals surface area contributed by atoms with Gasteiger partial charge in [0.25, 0.3) is 16.6 Å². The van der Waals surface area contributed by atoms with Crippen molar-refractivity contribution in [3.63, 3.8) is 0 Å². The molecule has 0 saturated carbocycles. The fraction of sp³-hybridized carbons (Fsp3) is 0.375. The van der Waals surface area contributed by atoms with Crippen molar-refractivity contribution in [2.75, 3.05) is 5.73 Å². The Morgan fingerprint density at radius 1 is 0.818 bits per heavy atom. The first-order valence-corrected chi connectivity index (χ1v) is 23.1. The van der Waals surface area contributed by atoms with Crippen LogP contribution in [0.15, 0.2) is 57.4 Å². The van der Waals surface area contributed by atoms with Gasteiger partial charge in [-0.3, -0.25) is 4.79 Å². The second-order valence-electron chi connectivity index (χ2n) is 14.1. The zero-order chi connectivity index (χ0) is 33.3. The van der Waals surface area contributed by atoms with Gasteiger partial charge >= 0.3 is 5.97 Å². The Bertz CT molecular complexity index is 1840. The number of carbonyl (C=O) groups is 1. The average molecular weight is 891 g/mol. The zero-order valence-corrected chi connectivity index (χ0v) is 34.9. The van der Waals surface area contributed by atoms with Gasteiger partial charge in [-0.05, 0) is 136 Å². The molecular weight excluding hydrogens is 854 g/mol. The van der Waals surface area contributed by atoms with Crippen LogP contribution >= 0.6 is 63.7 Å². The van der Waals surface area contributed by atoms with Gasteiger partial charge in [-0.25, -0.2) is 4.79 Å². The summed E-state index contributed by atoms with van der Waals surface area (Å²) in [7, 11) is -4.73. The summed E-state index contributed by atoms with van der Waals surface area (Å²) in [6, 6.07) is 8.81. The molecule has 2 aliphatic rings. The number of fused-ring (bicyclic) bond motifs is 2. The lowest BCUT2D eigenvalue weighted by Crippen LogP contribution is -2.44. The molecule has 1 aliphatic heterocycles. The van der Waals surface area contributed by atoms with E-state index in [1.54, 1.807) is 24.3 Å². The van der Waals surface area contributed by atoms with Crippen molar-refractivity contribution in [3.8, 4) is 28.2 Å². The van der Waals surface area contributed by atoms with Crippen molar-refractivity contribution in [2.24, 2.45) is 0 Å². The molecule has 2 N–H and O–H groups in total. The van der Waals surface area contributed by atoms with E-state index in [9.17, 15) is 9.59 Å². The van der Waals surface area contributed by atoms with E-state index in [2.05, 4.69) is 118 Å². The maximum atomic E-state index is 14.0. The number of nitrogens with two attached hydrogens (primary N) is 1. The van der Waals surface area contributed by atoms with Gasteiger partial charge in [0, 0.05) is 22.2 Å². The molecule has 2 aromatic carbocycles. The minimum atomic E-state index is -2.47. The molecule has 0 spiro atoms. The first-order valence-electron chi connectivity index (χ1n) is 14.1. The molecule has 0 saturated heterocycles. The minimum Gasteiger partial charge on any atom is -0.542 e. The third kappa shape index (κ3) is 6.40. The largest absolute Gasteiger partial charge is 0.542 e. The Hall–Kier alpha value is -1.45. The van der Waals surface area contributed by atoms with Gasteiger partial charge in [0.05, 0.1) is 14.5 Å². The molecule has 1 aliphatic carbocycles. The highest BCUT2D eigenvalue weighted by Gasteiger charge is 2.42. The zero-order valence-electron chi connectivity index (χ0n) is 26.5. The minimum absolute atomic E-state index is 0.0553. The van der Waals surface area contributed by atoms with Gasteiger partial charge in [-0.15, -0.1) is 0 Å². The first-order chi connectivity index (χ1) is 20.0. The normalized spacial score (nSPS) is 13.0. The summed E-state index contributed by atoms with van der Waals surface area (Å²) in [6.45, 7) is 21.2. The molecule has 6 nitrogen and oxygen atoms in total. The fourth-order valence-corrected chi connectivity index (χ4v) is 8.94. The van der Waals surface area contributed by atoms with E-state index in [4.69, 9.17) is 19.0 Å². The summed E-state index contributed by atoms with van der Waals surface area (Å²) >= 11 is 14.5. The van der Waals surface area contributed by atoms with E-state index < -0.39 is 22.6 Å². The van der Waals surface area contributed by atoms with Crippen LogP contribution in [0.5, 0.6) is 5.75 Å². The molecule has 0 aromatic heterocycles. The number of hydrogen-bond acceptors (Lipinski definition) is 6. The molecule has 2 aromatic rings. The molecule has 4 rings (SSSR count). The number of halogens is 4. The smallest absolute Gasteiger partial charge is 0.325 e. The van der Waals surface area contributed by atoms with Crippen LogP contribution in [-0.2, 0) is 4.43 Å². The highest BCUT2D eigenvalue weighted by atomic mass is 79.9. The Morgan fingerprint density at radius 3 is 1.98 bits per heavy atom. The lowest BCUT2D eigenvalue weighted by Gasteiger charge is -2.37. The van der Waals surface area contributed by atoms with Crippen LogP contribution in [0.3, 0.4) is 0 Å². The van der Waals surface area contributed by atoms with E-state index in [1.807, 2.05) is 19.2 Å². The van der Waals surface area contributed by atoms with Crippen molar-refractivity contribution >= 4 is 103 Å². The maximum Gasteiger partial charge on any atom is 0.325 e. The quantitative estimate of drug-likeness (QED) is 0.122. The Kier molecular flexibility index (Phi) is 9.63. The molecule has 236 valence electrons. The number of anilines is 1. The molecule has 0 radical (unpaired) electrons. The van der Waals surface area contributed by atoms with Crippen LogP contribution in [0.2, 0.25) is 36.3 Å². The summed E-state index contributed by atoms with van der Waals surface area (Å²) in [4.78, 5) is 27.0. The summed E-state index contributed by atoms with van der Waals surface area (Å²) < 4.78 is 21.4. The molecule has 0 amide bonds. The van der Waals surface area contributed by atoms with Gasteiger partial charge < -0.3 is 19.0 Å². The van der Waals surface area contributed by atoms with Gasteiger partial charge in [-0.1, -0.05) is 41.5 Å². The Balaban J connectivity index is 2.14. The topological polar surface area (TPSA) is 91.8 Å². The van der Waals surface area contributed by atoms with E-state index in [0.717, 1.165) is 0 Å². The summed E-state index contributed by atoms with van der Waals surface area (Å²) in [6.07, 6.45) is 0. The summed E-state index contributed by atoms with van der Waals surface area (Å²) in [5.41, 5.74) is 9.23. The maximum absolute atomic E-state index is 14.0. The van der Waals surface area contributed by atoms with Crippen molar-refractivity contribution < 1.29 is 18.1 Å². The van der Waals surface area contributed by atoms with E-state index in [-0.39, 0.29) is 20.0 Å². The predicted molar refractivity (Wildman–Crippen MR) is 200 cm³/mol. The molecule has 1 heterocycles. The van der Waals surface area contributed by atoms with E-state index in [0.29, 0.717) is 63.8 Å². The number of rotatable bonds is 5. The molecule has 0 unspecified atom stereocenters. The van der Waals surface area contributed by atoms with Gasteiger partial charge in [0.2, 0.25) is 5.43 Å². The number of benzene rings is 3. The van der Waals surface area contributed by atoms with Gasteiger partial charge in [-0.2, -0.15) is 0 Å². The molecule has 0 atom stereocenters. The van der Waals surface area contributed by atoms with Crippen molar-refractivity contribution in [3.05, 3.63) is 64.0 Å². The van der Waals surface area contributed by atoms with Crippen molar-refractivity contribution in [1.29, 1.82) is 0 Å². The number of nitrogen functional groups attached to an aromatic ring is 1. The second-order valence-corrected chi connectivity index (χ2v) is 26.8. The van der Waals surface area contributed by atoms with Crippen LogP contribution in [0.1, 0.15) is 51.9 Å². The predicted octanol–water partition coefficient (Wildman–Crippen LogP) is 11.7. The second kappa shape index (κ2) is 12.0. The highest BCUT2D eigenvalue weighted by Crippen LogP contribution is 2.51. The molecule has 12 heteroatoms. The van der Waals surface area contributed by atoms with Crippen LogP contribution in [0, 0.1) is 0 Å². The lowest BCUT2D eigenvalue weighted by atomic mass is 9.90. The van der Waals surface area contributed by atoms with Crippen LogP contribution in [-0.4, -0.2) is 22.6 Å². The molecule has 0 bridgehead atoms. The third-order valence-electron chi connectivity index (χ3n) is 8.86. The summed E-state index contributed by atoms with van der Waals surface area (Å²) in [5, 5.41) is 0.446. The Labute approximate surface area is 294 Å².